The molecule has 0 aliphatic carbocycles. The first-order valence-electron chi connectivity index (χ1n) is 11.2. The summed E-state index contributed by atoms with van der Waals surface area (Å²) in [4.78, 5) is 0. The molecule has 0 heterocycles. The van der Waals surface area contributed by atoms with E-state index in [4.69, 9.17) is 4.74 Å². The maximum atomic E-state index is 11.5. The SMILES string of the molecule is CCCCCCCc1cccc(OC(CC)S(=O)(=O)[O-])c1CCCCCCC.[Na+]. The molecule has 4 nitrogen and oxygen atoms in total. The van der Waals surface area contributed by atoms with Crippen LogP contribution in [0.4, 0.5) is 0 Å². The summed E-state index contributed by atoms with van der Waals surface area (Å²) in [6.07, 6.45) is 14.0. The summed E-state index contributed by atoms with van der Waals surface area (Å²) in [5.41, 5.74) is 1.02. The third-order valence-corrected chi connectivity index (χ3v) is 6.30. The zero-order chi connectivity index (χ0) is 20.8. The molecular weight excluding hydrogens is 395 g/mol. The van der Waals surface area contributed by atoms with Crippen molar-refractivity contribution >= 4 is 10.1 Å². The van der Waals surface area contributed by atoms with E-state index in [1.54, 1.807) is 6.92 Å². The fourth-order valence-corrected chi connectivity index (χ4v) is 4.18. The Hall–Kier alpha value is -0.0700. The molecule has 1 unspecified atom stereocenters. The van der Waals surface area contributed by atoms with Gasteiger partial charge >= 0.3 is 29.6 Å². The second kappa shape index (κ2) is 16.6. The van der Waals surface area contributed by atoms with Gasteiger partial charge in [0.05, 0.1) is 0 Å². The Labute approximate surface area is 201 Å². The molecular formula is C23H39NaO4S. The molecule has 0 N–H and O–H groups in total. The number of rotatable bonds is 16. The second-order valence-electron chi connectivity index (χ2n) is 7.67. The van der Waals surface area contributed by atoms with Crippen molar-refractivity contribution in [2.75, 3.05) is 0 Å². The van der Waals surface area contributed by atoms with Crippen LogP contribution in [-0.4, -0.2) is 18.4 Å². The number of hydrogen-bond acceptors (Lipinski definition) is 4. The minimum Gasteiger partial charge on any atom is -0.745 e. The zero-order valence-corrected chi connectivity index (χ0v) is 21.9. The number of unbranched alkanes of at least 4 members (excludes halogenated alkanes) is 8. The van der Waals surface area contributed by atoms with Gasteiger partial charge in [0.15, 0.2) is 5.44 Å². The van der Waals surface area contributed by atoms with E-state index in [1.807, 2.05) is 12.1 Å². The topological polar surface area (TPSA) is 66.4 Å². The van der Waals surface area contributed by atoms with Gasteiger partial charge in [0.2, 0.25) is 0 Å². The number of benzene rings is 1. The summed E-state index contributed by atoms with van der Waals surface area (Å²) in [5, 5.41) is 0. The van der Waals surface area contributed by atoms with Crippen molar-refractivity contribution in [2.45, 2.75) is 110 Å². The van der Waals surface area contributed by atoms with Gasteiger partial charge in [-0.05, 0) is 49.3 Å². The van der Waals surface area contributed by atoms with E-state index in [0.29, 0.717) is 5.75 Å². The summed E-state index contributed by atoms with van der Waals surface area (Å²) in [7, 11) is -4.47. The van der Waals surface area contributed by atoms with E-state index in [0.717, 1.165) is 37.7 Å². The van der Waals surface area contributed by atoms with E-state index in [1.165, 1.54) is 50.5 Å². The molecule has 6 heteroatoms. The molecule has 0 bridgehead atoms. The van der Waals surface area contributed by atoms with E-state index in [2.05, 4.69) is 19.9 Å². The van der Waals surface area contributed by atoms with E-state index in [9.17, 15) is 13.0 Å². The predicted octanol–water partition coefficient (Wildman–Crippen LogP) is 3.38. The minimum absolute atomic E-state index is 0. The third kappa shape index (κ3) is 11.8. The van der Waals surface area contributed by atoms with Crippen LogP contribution in [0.1, 0.15) is 103 Å². The minimum atomic E-state index is -4.47. The van der Waals surface area contributed by atoms with E-state index >= 15 is 0 Å². The molecule has 0 saturated carbocycles. The number of ether oxygens (including phenoxy) is 1. The van der Waals surface area contributed by atoms with Gasteiger partial charge < -0.3 is 9.29 Å². The van der Waals surface area contributed by atoms with Gasteiger partial charge in [-0.1, -0.05) is 84.3 Å². The van der Waals surface area contributed by atoms with Crippen LogP contribution in [0.25, 0.3) is 0 Å². The van der Waals surface area contributed by atoms with Crippen LogP contribution in [-0.2, 0) is 23.0 Å². The van der Waals surface area contributed by atoms with Crippen molar-refractivity contribution in [1.82, 2.24) is 0 Å². The largest absolute Gasteiger partial charge is 1.00 e. The van der Waals surface area contributed by atoms with Gasteiger partial charge in [0.1, 0.15) is 15.9 Å². The van der Waals surface area contributed by atoms with E-state index < -0.39 is 15.6 Å². The van der Waals surface area contributed by atoms with Gasteiger partial charge in [-0.15, -0.1) is 0 Å². The van der Waals surface area contributed by atoms with Crippen LogP contribution >= 0.6 is 0 Å². The van der Waals surface area contributed by atoms with Crippen LogP contribution in [0.3, 0.4) is 0 Å². The Morgan fingerprint density at radius 1 is 0.862 bits per heavy atom. The standard InChI is InChI=1S/C23H40O4S.Na/c1-4-7-9-11-13-16-20-17-15-19-22(27-23(6-3)28(24,25)26)21(20)18-14-12-10-8-5-2;/h15,17,19,23H,4-14,16,18H2,1-3H3,(H,24,25,26);/q;+1/p-1. The Morgan fingerprint density at radius 2 is 1.41 bits per heavy atom. The summed E-state index contributed by atoms with van der Waals surface area (Å²) < 4.78 is 40.2. The Bertz CT molecular complexity index is 646. The maximum absolute atomic E-state index is 11.5. The molecule has 1 aromatic rings. The van der Waals surface area contributed by atoms with Gasteiger partial charge in [-0.25, -0.2) is 8.42 Å². The molecule has 0 aromatic heterocycles. The zero-order valence-electron chi connectivity index (χ0n) is 19.0. The van der Waals surface area contributed by atoms with Gasteiger partial charge in [0.25, 0.3) is 0 Å². The first kappa shape index (κ1) is 28.9. The van der Waals surface area contributed by atoms with Gasteiger partial charge in [-0.3, -0.25) is 0 Å². The fourth-order valence-electron chi connectivity index (χ4n) is 3.55. The summed E-state index contributed by atoms with van der Waals surface area (Å²) in [5.74, 6) is 0.577. The van der Waals surface area contributed by atoms with Crippen molar-refractivity contribution in [2.24, 2.45) is 0 Å². The quantitative estimate of drug-likeness (QED) is 0.227. The fraction of sp³-hybridized carbons (Fsp3) is 0.739. The molecule has 0 aliphatic rings. The molecule has 0 radical (unpaired) electrons. The van der Waals surface area contributed by atoms with Gasteiger partial charge in [0, 0.05) is 0 Å². The van der Waals surface area contributed by atoms with Crippen molar-refractivity contribution < 1.29 is 47.3 Å². The first-order valence-corrected chi connectivity index (χ1v) is 12.6. The smallest absolute Gasteiger partial charge is 0.745 e. The van der Waals surface area contributed by atoms with Gasteiger partial charge in [-0.2, -0.15) is 0 Å². The first-order chi connectivity index (χ1) is 13.4. The van der Waals surface area contributed by atoms with Crippen molar-refractivity contribution in [3.8, 4) is 5.75 Å². The monoisotopic (exact) mass is 434 g/mol. The Morgan fingerprint density at radius 3 is 1.93 bits per heavy atom. The van der Waals surface area contributed by atoms with Crippen LogP contribution in [0.5, 0.6) is 5.75 Å². The van der Waals surface area contributed by atoms with Crippen molar-refractivity contribution in [3.63, 3.8) is 0 Å². The van der Waals surface area contributed by atoms with Crippen molar-refractivity contribution in [3.05, 3.63) is 29.3 Å². The molecule has 1 atom stereocenters. The average Bonchev–Trinajstić information content (AvgIpc) is 2.66. The Balaban J connectivity index is 0.00000784. The van der Waals surface area contributed by atoms with Crippen LogP contribution in [0.15, 0.2) is 18.2 Å². The summed E-state index contributed by atoms with van der Waals surface area (Å²) >= 11 is 0. The summed E-state index contributed by atoms with van der Waals surface area (Å²) in [6.45, 7) is 6.09. The van der Waals surface area contributed by atoms with E-state index in [-0.39, 0.29) is 36.0 Å². The maximum Gasteiger partial charge on any atom is 1.00 e. The molecule has 1 rings (SSSR count). The molecule has 0 fully saturated rings. The normalized spacial score (nSPS) is 12.4. The summed E-state index contributed by atoms with van der Waals surface area (Å²) in [6, 6.07) is 5.86. The predicted molar refractivity (Wildman–Crippen MR) is 116 cm³/mol. The third-order valence-electron chi connectivity index (χ3n) is 5.22. The van der Waals surface area contributed by atoms with Crippen LogP contribution in [0.2, 0.25) is 0 Å². The molecule has 29 heavy (non-hydrogen) atoms. The average molecular weight is 435 g/mol. The number of hydrogen-bond donors (Lipinski definition) is 0. The molecule has 0 saturated heterocycles. The molecule has 162 valence electrons. The number of aryl methyl sites for hydroxylation is 1. The van der Waals surface area contributed by atoms with Crippen LogP contribution in [0, 0.1) is 0 Å². The molecule has 0 aliphatic heterocycles. The Kier molecular flexibility index (Phi) is 16.6. The molecule has 0 amide bonds. The van der Waals surface area contributed by atoms with Crippen molar-refractivity contribution in [1.29, 1.82) is 0 Å². The molecule has 0 spiro atoms. The van der Waals surface area contributed by atoms with Crippen LogP contribution < -0.4 is 34.3 Å². The second-order valence-corrected chi connectivity index (χ2v) is 9.18. The molecule has 1 aromatic carbocycles.